The summed E-state index contributed by atoms with van der Waals surface area (Å²) in [6.07, 6.45) is 16.4. The van der Waals surface area contributed by atoms with Crippen LogP contribution in [0.2, 0.25) is 0 Å². The van der Waals surface area contributed by atoms with E-state index in [-0.39, 0.29) is 0 Å². The zero-order chi connectivity index (χ0) is 13.9. The van der Waals surface area contributed by atoms with Crippen LogP contribution >= 0.6 is 0 Å². The SMILES string of the molecule is Cc1ccc(C2=CCC(C3=CCC(C)C=C3)C=C2)cc1. The lowest BCUT2D eigenvalue weighted by Gasteiger charge is -2.21. The minimum absolute atomic E-state index is 0.563. The zero-order valence-electron chi connectivity index (χ0n) is 12.3. The van der Waals surface area contributed by atoms with Crippen LogP contribution in [0.5, 0.6) is 0 Å². The molecule has 2 atom stereocenters. The number of allylic oxidation sites excluding steroid dienone is 8. The smallest absolute Gasteiger partial charge is 0.00528 e. The second-order valence-electron chi connectivity index (χ2n) is 6.00. The van der Waals surface area contributed by atoms with Gasteiger partial charge >= 0.3 is 0 Å². The van der Waals surface area contributed by atoms with Gasteiger partial charge in [-0.1, -0.05) is 73.2 Å². The van der Waals surface area contributed by atoms with Crippen molar-refractivity contribution in [2.75, 3.05) is 0 Å². The van der Waals surface area contributed by atoms with Crippen LogP contribution in [0.3, 0.4) is 0 Å². The molecule has 2 unspecified atom stereocenters. The Labute approximate surface area is 122 Å². The quantitative estimate of drug-likeness (QED) is 0.662. The first-order chi connectivity index (χ1) is 9.72. The van der Waals surface area contributed by atoms with Gasteiger partial charge in [0.2, 0.25) is 0 Å². The number of hydrogen-bond donors (Lipinski definition) is 0. The van der Waals surface area contributed by atoms with Gasteiger partial charge in [-0.15, -0.1) is 0 Å². The Balaban J connectivity index is 1.71. The van der Waals surface area contributed by atoms with Crippen LogP contribution in [0.4, 0.5) is 0 Å². The van der Waals surface area contributed by atoms with E-state index in [1.165, 1.54) is 28.7 Å². The predicted octanol–water partition coefficient (Wildman–Crippen LogP) is 5.48. The summed E-state index contributed by atoms with van der Waals surface area (Å²) in [4.78, 5) is 0. The van der Waals surface area contributed by atoms with Crippen LogP contribution in [0.1, 0.15) is 30.9 Å². The van der Waals surface area contributed by atoms with Gasteiger partial charge in [-0.25, -0.2) is 0 Å². The highest BCUT2D eigenvalue weighted by molar-refractivity contribution is 5.75. The van der Waals surface area contributed by atoms with Crippen LogP contribution in [0.15, 0.2) is 66.3 Å². The van der Waals surface area contributed by atoms with E-state index in [4.69, 9.17) is 0 Å². The molecule has 1 aromatic rings. The topological polar surface area (TPSA) is 0 Å². The van der Waals surface area contributed by atoms with Crippen molar-refractivity contribution in [3.8, 4) is 0 Å². The summed E-state index contributed by atoms with van der Waals surface area (Å²) < 4.78 is 0. The van der Waals surface area contributed by atoms with E-state index in [1.54, 1.807) is 0 Å². The number of rotatable bonds is 2. The average molecular weight is 262 g/mol. The molecule has 2 aliphatic carbocycles. The maximum Gasteiger partial charge on any atom is 0.00528 e. The Hall–Kier alpha value is -1.82. The van der Waals surface area contributed by atoms with Gasteiger partial charge in [0.05, 0.1) is 0 Å². The average Bonchev–Trinajstić information content (AvgIpc) is 2.49. The molecular formula is C20H22. The van der Waals surface area contributed by atoms with Crippen molar-refractivity contribution < 1.29 is 0 Å². The first-order valence-corrected chi connectivity index (χ1v) is 7.56. The van der Waals surface area contributed by atoms with E-state index in [1.807, 2.05) is 0 Å². The van der Waals surface area contributed by atoms with E-state index >= 15 is 0 Å². The molecule has 2 aliphatic rings. The van der Waals surface area contributed by atoms with Gasteiger partial charge < -0.3 is 0 Å². The van der Waals surface area contributed by atoms with E-state index in [2.05, 4.69) is 74.6 Å². The van der Waals surface area contributed by atoms with Gasteiger partial charge in [0, 0.05) is 5.92 Å². The Bertz CT molecular complexity index is 593. The fourth-order valence-electron chi connectivity index (χ4n) is 2.85. The highest BCUT2D eigenvalue weighted by Gasteiger charge is 2.14. The van der Waals surface area contributed by atoms with Gasteiger partial charge in [0.25, 0.3) is 0 Å². The summed E-state index contributed by atoms with van der Waals surface area (Å²) in [6.45, 7) is 4.41. The van der Waals surface area contributed by atoms with Gasteiger partial charge in [0.15, 0.2) is 0 Å². The third-order valence-corrected chi connectivity index (χ3v) is 4.26. The van der Waals surface area contributed by atoms with Crippen LogP contribution in [0, 0.1) is 18.8 Å². The van der Waals surface area contributed by atoms with E-state index < -0.39 is 0 Å². The monoisotopic (exact) mass is 262 g/mol. The van der Waals surface area contributed by atoms with Crippen molar-refractivity contribution in [2.45, 2.75) is 26.7 Å². The third-order valence-electron chi connectivity index (χ3n) is 4.26. The van der Waals surface area contributed by atoms with Crippen molar-refractivity contribution in [3.63, 3.8) is 0 Å². The third kappa shape index (κ3) is 2.85. The van der Waals surface area contributed by atoms with Gasteiger partial charge in [-0.05, 0) is 42.4 Å². The lowest BCUT2D eigenvalue weighted by Crippen LogP contribution is -2.05. The fraction of sp³-hybridized carbons (Fsp3) is 0.300. The minimum atomic E-state index is 0.563. The second kappa shape index (κ2) is 5.66. The first-order valence-electron chi connectivity index (χ1n) is 7.56. The predicted molar refractivity (Wildman–Crippen MR) is 87.4 cm³/mol. The molecule has 102 valence electrons. The van der Waals surface area contributed by atoms with E-state index in [0.29, 0.717) is 11.8 Å². The van der Waals surface area contributed by atoms with Crippen LogP contribution in [-0.2, 0) is 0 Å². The molecule has 0 radical (unpaired) electrons. The highest BCUT2D eigenvalue weighted by atomic mass is 14.2. The molecule has 20 heavy (non-hydrogen) atoms. The number of aryl methyl sites for hydroxylation is 1. The molecule has 0 saturated heterocycles. The van der Waals surface area contributed by atoms with Crippen LogP contribution in [0.25, 0.3) is 5.57 Å². The second-order valence-corrected chi connectivity index (χ2v) is 6.00. The molecule has 0 aromatic heterocycles. The maximum atomic E-state index is 2.41. The molecule has 0 amide bonds. The lowest BCUT2D eigenvalue weighted by molar-refractivity contribution is 0.699. The summed E-state index contributed by atoms with van der Waals surface area (Å²) in [7, 11) is 0. The van der Waals surface area contributed by atoms with E-state index in [0.717, 1.165) is 6.42 Å². The number of benzene rings is 1. The standard InChI is InChI=1S/C20H22/c1-15-3-7-17(8-4-15)19-11-13-20(14-12-19)18-9-5-16(2)6-10-18/h3-5,7-13,16,20H,6,14H2,1-2H3. The van der Waals surface area contributed by atoms with Gasteiger partial charge in [0.1, 0.15) is 0 Å². The van der Waals surface area contributed by atoms with Crippen molar-refractivity contribution in [2.24, 2.45) is 11.8 Å². The molecule has 0 spiro atoms. The molecule has 0 fully saturated rings. The Morgan fingerprint density at radius 3 is 2.30 bits per heavy atom. The Morgan fingerprint density at radius 1 is 0.900 bits per heavy atom. The van der Waals surface area contributed by atoms with Gasteiger partial charge in [-0.3, -0.25) is 0 Å². The van der Waals surface area contributed by atoms with Crippen LogP contribution in [-0.4, -0.2) is 0 Å². The van der Waals surface area contributed by atoms with Crippen molar-refractivity contribution in [3.05, 3.63) is 77.4 Å². The number of hydrogen-bond acceptors (Lipinski definition) is 0. The summed E-state index contributed by atoms with van der Waals surface area (Å²) >= 11 is 0. The molecule has 0 heterocycles. The molecule has 1 aromatic carbocycles. The summed E-state index contributed by atoms with van der Waals surface area (Å²) in [5.41, 5.74) is 5.49. The molecule has 0 bridgehead atoms. The van der Waals surface area contributed by atoms with Crippen molar-refractivity contribution in [1.82, 2.24) is 0 Å². The lowest BCUT2D eigenvalue weighted by atomic mass is 9.84. The molecule has 0 heteroatoms. The largest absolute Gasteiger partial charge is 0.0811 e. The molecule has 0 nitrogen and oxygen atoms in total. The fourth-order valence-corrected chi connectivity index (χ4v) is 2.85. The summed E-state index contributed by atoms with van der Waals surface area (Å²) in [5, 5.41) is 0. The summed E-state index contributed by atoms with van der Waals surface area (Å²) in [5.74, 6) is 1.26. The van der Waals surface area contributed by atoms with Crippen molar-refractivity contribution >= 4 is 5.57 Å². The zero-order valence-corrected chi connectivity index (χ0v) is 12.3. The van der Waals surface area contributed by atoms with E-state index in [9.17, 15) is 0 Å². The molecule has 3 rings (SSSR count). The molecular weight excluding hydrogens is 240 g/mol. The molecule has 0 N–H and O–H groups in total. The van der Waals surface area contributed by atoms with Crippen molar-refractivity contribution in [1.29, 1.82) is 0 Å². The normalized spacial score (nSPS) is 25.3. The summed E-state index contributed by atoms with van der Waals surface area (Å²) in [6, 6.07) is 8.80. The molecule has 0 aliphatic heterocycles. The van der Waals surface area contributed by atoms with Crippen LogP contribution < -0.4 is 0 Å². The minimum Gasteiger partial charge on any atom is -0.0811 e. The first kappa shape index (κ1) is 13.2. The maximum absolute atomic E-state index is 2.41. The molecule has 0 saturated carbocycles. The Morgan fingerprint density at radius 2 is 1.70 bits per heavy atom. The highest BCUT2D eigenvalue weighted by Crippen LogP contribution is 2.31. The Kier molecular flexibility index (Phi) is 3.73. The van der Waals surface area contributed by atoms with Gasteiger partial charge in [-0.2, -0.15) is 0 Å².